The number of imidazole rings is 1. The van der Waals surface area contributed by atoms with Crippen molar-refractivity contribution in [1.82, 2.24) is 24.4 Å². The van der Waals surface area contributed by atoms with Gasteiger partial charge in [-0.1, -0.05) is 12.1 Å². The predicted octanol–water partition coefficient (Wildman–Crippen LogP) is 2.75. The smallest absolute Gasteiger partial charge is 0.354 e. The van der Waals surface area contributed by atoms with Crippen LogP contribution >= 0.6 is 0 Å². The number of pyridine rings is 2. The first kappa shape index (κ1) is 27.3. The molecule has 0 aliphatic carbocycles. The van der Waals surface area contributed by atoms with Gasteiger partial charge in [-0.05, 0) is 36.8 Å². The number of aromatic carboxylic acids is 1. The van der Waals surface area contributed by atoms with E-state index in [1.807, 2.05) is 15.5 Å². The second-order valence-electron chi connectivity index (χ2n) is 10.1. The van der Waals surface area contributed by atoms with Crippen LogP contribution in [0.1, 0.15) is 33.9 Å². The van der Waals surface area contributed by atoms with E-state index in [4.69, 9.17) is 19.7 Å². The average Bonchev–Trinajstić information content (AvgIpc) is 3.30. The van der Waals surface area contributed by atoms with Crippen LogP contribution in [0.25, 0.3) is 11.2 Å². The molecular formula is C29H26FN7O5. The van der Waals surface area contributed by atoms with E-state index in [0.29, 0.717) is 55.6 Å². The van der Waals surface area contributed by atoms with Gasteiger partial charge in [0.15, 0.2) is 11.3 Å². The van der Waals surface area contributed by atoms with E-state index in [1.54, 1.807) is 29.2 Å². The lowest BCUT2D eigenvalue weighted by molar-refractivity contribution is -0.121. The molecule has 6 rings (SSSR count). The molecule has 0 bridgehead atoms. The van der Waals surface area contributed by atoms with Crippen molar-refractivity contribution in [3.8, 4) is 11.9 Å². The Labute approximate surface area is 239 Å². The summed E-state index contributed by atoms with van der Waals surface area (Å²) in [5.74, 6) is -0.454. The second kappa shape index (κ2) is 11.5. The quantitative estimate of drug-likeness (QED) is 0.318. The van der Waals surface area contributed by atoms with E-state index < -0.39 is 11.8 Å². The maximum absolute atomic E-state index is 14.2. The molecule has 1 unspecified atom stereocenters. The van der Waals surface area contributed by atoms with Gasteiger partial charge in [-0.3, -0.25) is 14.6 Å². The number of amides is 1. The lowest BCUT2D eigenvalue weighted by Crippen LogP contribution is -2.50. The Morgan fingerprint density at radius 1 is 1.17 bits per heavy atom. The molecule has 4 aromatic rings. The predicted molar refractivity (Wildman–Crippen MR) is 146 cm³/mol. The van der Waals surface area contributed by atoms with Crippen molar-refractivity contribution in [3.05, 3.63) is 77.0 Å². The van der Waals surface area contributed by atoms with Crippen LogP contribution in [-0.2, 0) is 29.2 Å². The standard InChI is InChI=1S/C29H26FN7O5/c30-21-12-18(13-31)4-5-19(21)17-42-26-3-1-2-24(34-26)36-10-9-35(16-27(36)38)15-25-32-22-6-7-23(29(39)40)33-28(22)37(25)14-20-8-11-41-20/h1-7,12,20H,8-11,14-17H2,(H,39,40). The highest BCUT2D eigenvalue weighted by Gasteiger charge is 2.29. The highest BCUT2D eigenvalue weighted by atomic mass is 19.1. The van der Waals surface area contributed by atoms with Crippen molar-refractivity contribution in [2.45, 2.75) is 32.2 Å². The van der Waals surface area contributed by atoms with Gasteiger partial charge in [-0.15, -0.1) is 0 Å². The minimum Gasteiger partial charge on any atom is -0.477 e. The van der Waals surface area contributed by atoms with Gasteiger partial charge in [0.05, 0.1) is 37.4 Å². The number of rotatable bonds is 9. The minimum atomic E-state index is -1.11. The minimum absolute atomic E-state index is 0.00360. The third-order valence-electron chi connectivity index (χ3n) is 7.28. The van der Waals surface area contributed by atoms with Gasteiger partial charge >= 0.3 is 5.97 Å². The van der Waals surface area contributed by atoms with Crippen molar-refractivity contribution in [1.29, 1.82) is 5.26 Å². The molecule has 0 radical (unpaired) electrons. The number of halogens is 1. The lowest BCUT2D eigenvalue weighted by atomic mass is 10.1. The van der Waals surface area contributed by atoms with Crippen LogP contribution in [0.4, 0.5) is 10.2 Å². The normalized spacial score (nSPS) is 17.2. The number of carboxylic acids is 1. The SMILES string of the molecule is N#Cc1ccc(COc2cccc(N3CCN(Cc4nc5ccc(C(=O)O)nc5n4CC4CCO4)CC3=O)n2)c(F)c1. The third-order valence-corrected chi connectivity index (χ3v) is 7.28. The third kappa shape index (κ3) is 5.63. The summed E-state index contributed by atoms with van der Waals surface area (Å²) < 4.78 is 27.4. The molecule has 214 valence electrons. The maximum Gasteiger partial charge on any atom is 0.354 e. The van der Waals surface area contributed by atoms with Crippen LogP contribution in [0.2, 0.25) is 0 Å². The zero-order valence-corrected chi connectivity index (χ0v) is 22.4. The van der Waals surface area contributed by atoms with Crippen LogP contribution in [0, 0.1) is 17.1 Å². The fourth-order valence-electron chi connectivity index (χ4n) is 4.93. The Kier molecular flexibility index (Phi) is 7.47. The molecule has 1 amide bonds. The summed E-state index contributed by atoms with van der Waals surface area (Å²) in [7, 11) is 0. The van der Waals surface area contributed by atoms with Gasteiger partial charge in [0.1, 0.15) is 29.6 Å². The number of piperazine rings is 1. The number of anilines is 1. The van der Waals surface area contributed by atoms with E-state index >= 15 is 0 Å². The molecular weight excluding hydrogens is 545 g/mol. The first-order valence-electron chi connectivity index (χ1n) is 13.4. The molecule has 1 atom stereocenters. The molecule has 2 aliphatic rings. The number of carboxylic acid groups (broad SMARTS) is 1. The largest absolute Gasteiger partial charge is 0.477 e. The van der Waals surface area contributed by atoms with Gasteiger partial charge in [0, 0.05) is 31.3 Å². The summed E-state index contributed by atoms with van der Waals surface area (Å²) in [5, 5.41) is 18.3. The summed E-state index contributed by atoms with van der Waals surface area (Å²) in [4.78, 5) is 41.7. The Bertz CT molecular complexity index is 1710. The molecule has 12 nitrogen and oxygen atoms in total. The number of ether oxygens (including phenoxy) is 2. The van der Waals surface area contributed by atoms with E-state index in [2.05, 4.69) is 9.97 Å². The van der Waals surface area contributed by atoms with Crippen molar-refractivity contribution in [2.75, 3.05) is 31.1 Å². The summed E-state index contributed by atoms with van der Waals surface area (Å²) >= 11 is 0. The van der Waals surface area contributed by atoms with Crippen molar-refractivity contribution in [2.24, 2.45) is 0 Å². The summed E-state index contributed by atoms with van der Waals surface area (Å²) in [6, 6.07) is 14.2. The van der Waals surface area contributed by atoms with Crippen LogP contribution in [0.15, 0.2) is 48.5 Å². The molecule has 0 saturated carbocycles. The van der Waals surface area contributed by atoms with E-state index in [0.717, 1.165) is 12.5 Å². The highest BCUT2D eigenvalue weighted by Crippen LogP contribution is 2.24. The average molecular weight is 572 g/mol. The topological polar surface area (TPSA) is 147 Å². The van der Waals surface area contributed by atoms with Crippen LogP contribution in [-0.4, -0.2) is 73.7 Å². The van der Waals surface area contributed by atoms with Crippen molar-refractivity contribution >= 4 is 28.9 Å². The van der Waals surface area contributed by atoms with Gasteiger partial charge in [-0.2, -0.15) is 10.2 Å². The molecule has 1 aromatic carbocycles. The fourth-order valence-corrected chi connectivity index (χ4v) is 4.93. The molecule has 1 N–H and O–H groups in total. The lowest BCUT2D eigenvalue weighted by Gasteiger charge is -2.34. The first-order valence-corrected chi connectivity index (χ1v) is 13.4. The number of carbonyl (C=O) groups excluding carboxylic acids is 1. The molecule has 2 aliphatic heterocycles. The monoisotopic (exact) mass is 571 g/mol. The van der Waals surface area contributed by atoms with Crippen LogP contribution in [0.3, 0.4) is 0 Å². The summed E-state index contributed by atoms with van der Waals surface area (Å²) in [6.07, 6.45) is 0.900. The van der Waals surface area contributed by atoms with Gasteiger partial charge in [-0.25, -0.2) is 19.2 Å². The number of fused-ring (bicyclic) bond motifs is 1. The zero-order valence-electron chi connectivity index (χ0n) is 22.4. The fraction of sp³-hybridized carbons (Fsp3) is 0.310. The van der Waals surface area contributed by atoms with Crippen molar-refractivity contribution in [3.63, 3.8) is 0 Å². The Hall–Kier alpha value is -4.93. The highest BCUT2D eigenvalue weighted by molar-refractivity contribution is 5.94. The number of benzene rings is 1. The van der Waals surface area contributed by atoms with E-state index in [-0.39, 0.29) is 47.9 Å². The van der Waals surface area contributed by atoms with E-state index in [1.165, 1.54) is 18.2 Å². The molecule has 2 saturated heterocycles. The van der Waals surface area contributed by atoms with Gasteiger partial charge in [0.2, 0.25) is 11.8 Å². The summed E-state index contributed by atoms with van der Waals surface area (Å²) in [5.41, 5.74) is 1.51. The first-order chi connectivity index (χ1) is 20.4. The van der Waals surface area contributed by atoms with Crippen molar-refractivity contribution < 1.29 is 28.6 Å². The Morgan fingerprint density at radius 3 is 2.74 bits per heavy atom. The molecule has 2 fully saturated rings. The van der Waals surface area contributed by atoms with Gasteiger partial charge in [0.25, 0.3) is 0 Å². The molecule has 3 aromatic heterocycles. The number of carbonyl (C=O) groups is 2. The molecule has 13 heteroatoms. The number of nitrogens with zero attached hydrogens (tertiary/aromatic N) is 7. The van der Waals surface area contributed by atoms with Crippen LogP contribution < -0.4 is 9.64 Å². The second-order valence-corrected chi connectivity index (χ2v) is 10.1. The number of hydrogen-bond acceptors (Lipinski definition) is 9. The number of hydrogen-bond donors (Lipinski definition) is 1. The summed E-state index contributed by atoms with van der Waals surface area (Å²) in [6.45, 7) is 2.53. The maximum atomic E-state index is 14.2. The molecule has 5 heterocycles. The van der Waals surface area contributed by atoms with E-state index in [9.17, 15) is 19.1 Å². The number of aromatic nitrogens is 4. The molecule has 42 heavy (non-hydrogen) atoms. The number of nitriles is 1. The molecule has 0 spiro atoms. The Balaban J connectivity index is 1.13. The zero-order chi connectivity index (χ0) is 29.2. The Morgan fingerprint density at radius 2 is 2.02 bits per heavy atom. The van der Waals surface area contributed by atoms with Gasteiger partial charge < -0.3 is 19.1 Å². The van der Waals surface area contributed by atoms with Crippen LogP contribution in [0.5, 0.6) is 5.88 Å².